The van der Waals surface area contributed by atoms with Crippen LogP contribution in [0.3, 0.4) is 0 Å². The average Bonchev–Trinajstić information content (AvgIpc) is 3.64. The molecule has 5 aliphatic rings. The highest BCUT2D eigenvalue weighted by Gasteiger charge is 2.76. The van der Waals surface area contributed by atoms with Crippen molar-refractivity contribution < 1.29 is 43.9 Å². The third-order valence-corrected chi connectivity index (χ3v) is 9.09. The summed E-state index contributed by atoms with van der Waals surface area (Å²) in [6.07, 6.45) is -6.87. The molecule has 0 unspecified atom stereocenters. The van der Waals surface area contributed by atoms with Gasteiger partial charge in [-0.25, -0.2) is 0 Å². The molecule has 14 atom stereocenters. The number of carbonyl (C=O) groups excluding carboxylic acids is 2. The Balaban J connectivity index is 1.73. The van der Waals surface area contributed by atoms with Crippen molar-refractivity contribution >= 4 is 23.5 Å². The SMILES string of the molecule is C=C1[C@H]2O[C@@H]2[C@H](O)[C@@]2(C)[C@H]([C@@H](C)[C@@H](O)[C@@H]3O[C@@H]32)[C@H](OC(C)=O)[C@]2(O)[C@@H](C)C(=O)O[C@H]2[C@H]1Cl. The largest absolute Gasteiger partial charge is 0.459 e. The molecule has 0 radical (unpaired) electrons. The van der Waals surface area contributed by atoms with Crippen molar-refractivity contribution in [3.63, 3.8) is 0 Å². The molecule has 0 spiro atoms. The summed E-state index contributed by atoms with van der Waals surface area (Å²) in [7, 11) is 0. The summed E-state index contributed by atoms with van der Waals surface area (Å²) < 4.78 is 22.8. The second-order valence-corrected chi connectivity index (χ2v) is 10.7. The minimum absolute atomic E-state index is 0.363. The molecule has 0 aromatic rings. The second-order valence-electron chi connectivity index (χ2n) is 10.2. The summed E-state index contributed by atoms with van der Waals surface area (Å²) >= 11 is 6.66. The Morgan fingerprint density at radius 3 is 2.47 bits per heavy atom. The molecule has 3 heterocycles. The average molecular weight is 473 g/mol. The molecule has 0 amide bonds. The smallest absolute Gasteiger partial charge is 0.312 e. The van der Waals surface area contributed by atoms with Crippen molar-refractivity contribution in [2.45, 2.75) is 87.5 Å². The first-order valence-electron chi connectivity index (χ1n) is 11.0. The van der Waals surface area contributed by atoms with Gasteiger partial charge in [-0.1, -0.05) is 20.4 Å². The van der Waals surface area contributed by atoms with E-state index in [2.05, 4.69) is 6.58 Å². The zero-order chi connectivity index (χ0) is 23.5. The summed E-state index contributed by atoms with van der Waals surface area (Å²) in [5, 5.41) is 33.5. The van der Waals surface area contributed by atoms with E-state index in [9.17, 15) is 24.9 Å². The van der Waals surface area contributed by atoms with E-state index in [1.165, 1.54) is 13.8 Å². The quantitative estimate of drug-likeness (QED) is 0.207. The van der Waals surface area contributed by atoms with Crippen LogP contribution >= 0.6 is 11.6 Å². The van der Waals surface area contributed by atoms with Crippen LogP contribution in [0.4, 0.5) is 0 Å². The predicted octanol–water partition coefficient (Wildman–Crippen LogP) is -0.0833. The van der Waals surface area contributed by atoms with Crippen LogP contribution in [0, 0.1) is 23.2 Å². The van der Waals surface area contributed by atoms with Gasteiger partial charge in [-0.3, -0.25) is 9.59 Å². The fraction of sp³-hybridized carbons (Fsp3) is 0.818. The van der Waals surface area contributed by atoms with Crippen LogP contribution in [0.25, 0.3) is 0 Å². The van der Waals surface area contributed by atoms with Crippen LogP contribution in [0.1, 0.15) is 27.7 Å². The maximum Gasteiger partial charge on any atom is 0.312 e. The molecule has 9 nitrogen and oxygen atoms in total. The lowest BCUT2D eigenvalue weighted by molar-refractivity contribution is -0.221. The number of esters is 2. The first-order valence-corrected chi connectivity index (χ1v) is 11.4. The van der Waals surface area contributed by atoms with Crippen LogP contribution in [0.15, 0.2) is 12.2 Å². The Bertz CT molecular complexity index is 879. The number of halogens is 1. The second kappa shape index (κ2) is 6.90. The van der Waals surface area contributed by atoms with E-state index in [-0.39, 0.29) is 0 Å². The fourth-order valence-corrected chi connectivity index (χ4v) is 6.96. The number of aliphatic hydroxyl groups excluding tert-OH is 2. The van der Waals surface area contributed by atoms with Crippen molar-refractivity contribution in [1.29, 1.82) is 0 Å². The van der Waals surface area contributed by atoms with Crippen LogP contribution in [-0.2, 0) is 28.5 Å². The highest BCUT2D eigenvalue weighted by Crippen LogP contribution is 2.62. The van der Waals surface area contributed by atoms with E-state index in [4.69, 9.17) is 30.5 Å². The van der Waals surface area contributed by atoms with Gasteiger partial charge in [0.1, 0.15) is 24.4 Å². The molecule has 5 rings (SSSR count). The number of rotatable bonds is 1. The van der Waals surface area contributed by atoms with Crippen molar-refractivity contribution in [2.24, 2.45) is 23.2 Å². The first-order chi connectivity index (χ1) is 14.9. The standard InChI is InChI=1S/C22H29ClO9/c1-6-10-17(29-9(4)24)22(28)8(3)20(27)32-18(22)11(23)7(2)13-15(30-13)16(26)21(10,5)19-14(31-19)12(6)25/h6,8,10-19,25-26,28H,2H2,1,3-5H3/t6-,8+,10-,11+,12-,13-,14+,15+,16+,17+,18+,19+,21-,22-/m1/s1. The molecule has 178 valence electrons. The van der Waals surface area contributed by atoms with Crippen molar-refractivity contribution in [3.05, 3.63) is 12.2 Å². The monoisotopic (exact) mass is 472 g/mol. The molecular weight excluding hydrogens is 444 g/mol. The van der Waals surface area contributed by atoms with Crippen LogP contribution in [0.2, 0.25) is 0 Å². The molecule has 3 saturated heterocycles. The summed E-state index contributed by atoms with van der Waals surface area (Å²) in [5.41, 5.74) is -2.75. The lowest BCUT2D eigenvalue weighted by atomic mass is 9.53. The maximum absolute atomic E-state index is 12.7. The summed E-state index contributed by atoms with van der Waals surface area (Å²) in [6, 6.07) is 0. The zero-order valence-corrected chi connectivity index (χ0v) is 19.1. The van der Waals surface area contributed by atoms with E-state index < -0.39 is 94.9 Å². The van der Waals surface area contributed by atoms with E-state index >= 15 is 0 Å². The van der Waals surface area contributed by atoms with Gasteiger partial charge in [0.25, 0.3) is 0 Å². The van der Waals surface area contributed by atoms with Crippen molar-refractivity contribution in [2.75, 3.05) is 0 Å². The highest BCUT2D eigenvalue weighted by molar-refractivity contribution is 6.23. The normalized spacial score (nSPS) is 58.5. The Hall–Kier alpha value is -1.23. The molecule has 2 aliphatic carbocycles. The number of carbonyl (C=O) groups is 2. The van der Waals surface area contributed by atoms with Gasteiger partial charge in [-0.15, -0.1) is 11.6 Å². The Kier molecular flexibility index (Phi) is 4.86. The highest BCUT2D eigenvalue weighted by atomic mass is 35.5. The van der Waals surface area contributed by atoms with Crippen LogP contribution < -0.4 is 0 Å². The fourth-order valence-electron chi connectivity index (χ4n) is 6.58. The van der Waals surface area contributed by atoms with E-state index in [1.54, 1.807) is 13.8 Å². The number of fused-ring (bicyclic) bond motifs is 5. The van der Waals surface area contributed by atoms with Gasteiger partial charge >= 0.3 is 11.9 Å². The Morgan fingerprint density at radius 2 is 1.84 bits per heavy atom. The van der Waals surface area contributed by atoms with Crippen molar-refractivity contribution in [3.8, 4) is 0 Å². The minimum atomic E-state index is -2.04. The maximum atomic E-state index is 12.7. The minimum Gasteiger partial charge on any atom is -0.459 e. The first kappa shape index (κ1) is 22.6. The lowest BCUT2D eigenvalue weighted by Gasteiger charge is -2.54. The van der Waals surface area contributed by atoms with Gasteiger partial charge in [-0.2, -0.15) is 0 Å². The van der Waals surface area contributed by atoms with Gasteiger partial charge in [-0.05, 0) is 18.4 Å². The lowest BCUT2D eigenvalue weighted by Crippen LogP contribution is -2.68. The van der Waals surface area contributed by atoms with E-state index in [0.717, 1.165) is 0 Å². The number of hydrogen-bond acceptors (Lipinski definition) is 9. The van der Waals surface area contributed by atoms with Gasteiger partial charge in [0, 0.05) is 18.3 Å². The molecule has 0 bridgehead atoms. The topological polar surface area (TPSA) is 138 Å². The third-order valence-electron chi connectivity index (χ3n) is 8.58. The molecule has 3 aliphatic heterocycles. The predicted molar refractivity (Wildman–Crippen MR) is 108 cm³/mol. The van der Waals surface area contributed by atoms with Gasteiger partial charge < -0.3 is 34.3 Å². The molecular formula is C22H29ClO9. The summed E-state index contributed by atoms with van der Waals surface area (Å²) in [4.78, 5) is 24.9. The molecule has 2 saturated carbocycles. The number of aliphatic hydroxyl groups is 3. The summed E-state index contributed by atoms with van der Waals surface area (Å²) in [5.74, 6) is -3.83. The van der Waals surface area contributed by atoms with Gasteiger partial charge in [0.05, 0.1) is 29.6 Å². The molecule has 10 heteroatoms. The Morgan fingerprint density at radius 1 is 1.19 bits per heavy atom. The molecule has 0 aromatic heterocycles. The van der Waals surface area contributed by atoms with Crippen molar-refractivity contribution in [1.82, 2.24) is 0 Å². The van der Waals surface area contributed by atoms with E-state index in [1.807, 2.05) is 0 Å². The number of epoxide rings is 2. The van der Waals surface area contributed by atoms with Crippen LogP contribution in [0.5, 0.6) is 0 Å². The van der Waals surface area contributed by atoms with E-state index in [0.29, 0.717) is 5.57 Å². The van der Waals surface area contributed by atoms with Crippen LogP contribution in [-0.4, -0.2) is 87.1 Å². The number of hydrogen-bond donors (Lipinski definition) is 3. The number of alkyl halides is 1. The molecule has 3 N–H and O–H groups in total. The number of ether oxygens (including phenoxy) is 4. The molecule has 5 fully saturated rings. The van der Waals surface area contributed by atoms with Gasteiger partial charge in [0.2, 0.25) is 0 Å². The zero-order valence-electron chi connectivity index (χ0n) is 18.3. The summed E-state index contributed by atoms with van der Waals surface area (Å²) in [6.45, 7) is 10.2. The van der Waals surface area contributed by atoms with Gasteiger partial charge in [0.15, 0.2) is 11.7 Å². The Labute approximate surface area is 190 Å². The molecule has 0 aromatic carbocycles. The third kappa shape index (κ3) is 2.69. The molecule has 32 heavy (non-hydrogen) atoms.